The Morgan fingerprint density at radius 1 is 1.16 bits per heavy atom. The third kappa shape index (κ3) is 6.97. The monoisotopic (exact) mass is 462 g/mol. The number of nitrogens with zero attached hydrogens (tertiary/aromatic N) is 1. The number of para-hydroxylation sites is 1. The van der Waals surface area contributed by atoms with Gasteiger partial charge in [0.2, 0.25) is 5.12 Å². The van der Waals surface area contributed by atoms with Crippen LogP contribution in [0.1, 0.15) is 34.3 Å². The quantitative estimate of drug-likeness (QED) is 0.310. The summed E-state index contributed by atoms with van der Waals surface area (Å²) in [5.74, 6) is 0.866. The van der Waals surface area contributed by atoms with Crippen LogP contribution in [-0.4, -0.2) is 54.1 Å². The van der Waals surface area contributed by atoms with Gasteiger partial charge in [-0.05, 0) is 62.3 Å². The summed E-state index contributed by atoms with van der Waals surface area (Å²) in [6, 6.07) is 13.7. The van der Waals surface area contributed by atoms with E-state index in [1.165, 1.54) is 17.5 Å². The van der Waals surface area contributed by atoms with Gasteiger partial charge in [-0.25, -0.2) is 8.70 Å². The number of rotatable bonds is 9. The number of hydrogen-bond donors (Lipinski definition) is 1. The van der Waals surface area contributed by atoms with E-state index in [1.54, 1.807) is 11.8 Å². The number of aryl methyl sites for hydroxylation is 2. The molecule has 1 N–H and O–H groups in total. The molecule has 1 aliphatic rings. The number of piperidine rings is 1. The minimum Gasteiger partial charge on any atom is -0.491 e. The average Bonchev–Trinajstić information content (AvgIpc) is 2.77. The first kappa shape index (κ1) is 24.1. The predicted octanol–water partition coefficient (Wildman–Crippen LogP) is 5.29. The summed E-state index contributed by atoms with van der Waals surface area (Å²) in [6.45, 7) is 6.58. The lowest BCUT2D eigenvalue weighted by molar-refractivity contribution is 0.0883. The molecule has 0 atom stereocenters. The van der Waals surface area contributed by atoms with Crippen molar-refractivity contribution >= 4 is 28.8 Å². The minimum atomic E-state index is -1.24. The lowest BCUT2D eigenvalue weighted by atomic mass is 9.94. The molecule has 31 heavy (non-hydrogen) atoms. The zero-order valence-electron chi connectivity index (χ0n) is 18.4. The maximum absolute atomic E-state index is 15.1. The Morgan fingerprint density at radius 3 is 2.61 bits per heavy atom. The lowest BCUT2D eigenvalue weighted by Crippen LogP contribution is -2.46. The second-order valence-corrected chi connectivity index (χ2v) is 9.85. The first-order chi connectivity index (χ1) is 14.9. The van der Waals surface area contributed by atoms with Crippen molar-refractivity contribution in [1.29, 1.82) is 0 Å². The van der Waals surface area contributed by atoms with Gasteiger partial charge in [0, 0.05) is 48.6 Å². The van der Waals surface area contributed by atoms with Crippen LogP contribution < -0.4 is 10.1 Å². The molecule has 0 aliphatic carbocycles. The first-order valence-corrected chi connectivity index (χ1v) is 12.6. The Bertz CT molecular complexity index is 886. The normalized spacial score (nSPS) is 16.3. The standard InChI is InChI=1S/C24H31FN2O2S2/c1-18-8-9-20(16-19(18)2)23(28)31-27-13-10-24(25,11-14-27)17-26-12-15-29-21-6-4-5-7-22(21)30-3/h4-9,16,26H,10-15,17H2,1-3H3. The summed E-state index contributed by atoms with van der Waals surface area (Å²) in [6.07, 6.45) is 2.86. The van der Waals surface area contributed by atoms with Crippen molar-refractivity contribution in [1.82, 2.24) is 9.62 Å². The number of carbonyl (C=O) groups is 1. The molecule has 1 saturated heterocycles. The van der Waals surface area contributed by atoms with Crippen molar-refractivity contribution in [2.24, 2.45) is 0 Å². The maximum Gasteiger partial charge on any atom is 0.234 e. The Balaban J connectivity index is 1.37. The summed E-state index contributed by atoms with van der Waals surface area (Å²) in [5.41, 5.74) is 1.75. The smallest absolute Gasteiger partial charge is 0.234 e. The highest BCUT2D eigenvalue weighted by atomic mass is 32.2. The van der Waals surface area contributed by atoms with E-state index in [0.29, 0.717) is 51.2 Å². The lowest BCUT2D eigenvalue weighted by Gasteiger charge is -2.35. The van der Waals surface area contributed by atoms with Gasteiger partial charge in [0.1, 0.15) is 18.0 Å². The third-order valence-corrected chi connectivity index (χ3v) is 7.42. The zero-order valence-corrected chi connectivity index (χ0v) is 20.1. The minimum absolute atomic E-state index is 0.0234. The van der Waals surface area contributed by atoms with Crippen LogP contribution >= 0.6 is 23.7 Å². The van der Waals surface area contributed by atoms with Gasteiger partial charge in [0.15, 0.2) is 0 Å². The summed E-state index contributed by atoms with van der Waals surface area (Å²) in [5, 5.41) is 3.22. The molecule has 168 valence electrons. The summed E-state index contributed by atoms with van der Waals surface area (Å²) < 4.78 is 22.9. The molecule has 1 aliphatic heterocycles. The molecule has 0 aromatic heterocycles. The van der Waals surface area contributed by atoms with Crippen LogP contribution in [0.2, 0.25) is 0 Å². The SMILES string of the molecule is CSc1ccccc1OCCNCC1(F)CCN(SC(=O)c2ccc(C)c(C)c2)CC1. The van der Waals surface area contributed by atoms with Gasteiger partial charge in [0.05, 0.1) is 0 Å². The highest BCUT2D eigenvalue weighted by molar-refractivity contribution is 8.12. The number of thioether (sulfide) groups is 1. The van der Waals surface area contributed by atoms with Crippen molar-refractivity contribution < 1.29 is 13.9 Å². The van der Waals surface area contributed by atoms with Gasteiger partial charge < -0.3 is 10.1 Å². The Hall–Kier alpha value is -1.54. The van der Waals surface area contributed by atoms with E-state index < -0.39 is 5.67 Å². The first-order valence-electron chi connectivity index (χ1n) is 10.6. The number of hydrogen-bond acceptors (Lipinski definition) is 6. The van der Waals surface area contributed by atoms with Gasteiger partial charge in [-0.15, -0.1) is 11.8 Å². The fraction of sp³-hybridized carbons (Fsp3) is 0.458. The van der Waals surface area contributed by atoms with Crippen molar-refractivity contribution in [2.75, 3.05) is 39.0 Å². The molecule has 0 spiro atoms. The molecule has 1 heterocycles. The highest BCUT2D eigenvalue weighted by Gasteiger charge is 2.35. The molecule has 0 saturated carbocycles. The van der Waals surface area contributed by atoms with Gasteiger partial charge in [-0.3, -0.25) is 4.79 Å². The van der Waals surface area contributed by atoms with Crippen molar-refractivity contribution in [3.63, 3.8) is 0 Å². The molecule has 0 radical (unpaired) electrons. The highest BCUT2D eigenvalue weighted by Crippen LogP contribution is 2.31. The molecule has 0 bridgehead atoms. The zero-order chi connectivity index (χ0) is 22.3. The van der Waals surface area contributed by atoms with Crippen LogP contribution in [0.4, 0.5) is 4.39 Å². The predicted molar refractivity (Wildman–Crippen MR) is 129 cm³/mol. The van der Waals surface area contributed by atoms with Gasteiger partial charge in [-0.2, -0.15) is 0 Å². The molecule has 4 nitrogen and oxygen atoms in total. The maximum atomic E-state index is 15.1. The van der Waals surface area contributed by atoms with Gasteiger partial charge in [-0.1, -0.05) is 24.3 Å². The van der Waals surface area contributed by atoms with Crippen LogP contribution in [0.3, 0.4) is 0 Å². The Morgan fingerprint density at radius 2 is 1.90 bits per heavy atom. The average molecular weight is 463 g/mol. The van der Waals surface area contributed by atoms with E-state index in [4.69, 9.17) is 4.74 Å². The summed E-state index contributed by atoms with van der Waals surface area (Å²) in [4.78, 5) is 13.6. The molecular formula is C24H31FN2O2S2. The van der Waals surface area contributed by atoms with Crippen LogP contribution in [0, 0.1) is 13.8 Å². The van der Waals surface area contributed by atoms with E-state index in [0.717, 1.165) is 16.2 Å². The largest absolute Gasteiger partial charge is 0.491 e. The van der Waals surface area contributed by atoms with Crippen LogP contribution in [0.25, 0.3) is 0 Å². The van der Waals surface area contributed by atoms with Gasteiger partial charge >= 0.3 is 0 Å². The van der Waals surface area contributed by atoms with Crippen LogP contribution in [-0.2, 0) is 0 Å². The molecular weight excluding hydrogens is 431 g/mol. The van der Waals surface area contributed by atoms with Crippen molar-refractivity contribution in [3.05, 3.63) is 59.2 Å². The summed E-state index contributed by atoms with van der Waals surface area (Å²) >= 11 is 2.86. The molecule has 1 fully saturated rings. The number of ether oxygens (including phenoxy) is 1. The fourth-order valence-corrected chi connectivity index (χ4v) is 4.85. The van der Waals surface area contributed by atoms with Crippen molar-refractivity contribution in [3.8, 4) is 5.75 Å². The van der Waals surface area contributed by atoms with E-state index in [9.17, 15) is 4.79 Å². The molecule has 0 unspecified atom stereocenters. The number of carbonyl (C=O) groups excluding carboxylic acids is 1. The van der Waals surface area contributed by atoms with Gasteiger partial charge in [0.25, 0.3) is 0 Å². The molecule has 2 aromatic rings. The molecule has 7 heteroatoms. The van der Waals surface area contributed by atoms with E-state index in [2.05, 4.69) is 5.32 Å². The topological polar surface area (TPSA) is 41.6 Å². The van der Waals surface area contributed by atoms with Crippen molar-refractivity contribution in [2.45, 2.75) is 37.3 Å². The van der Waals surface area contributed by atoms with E-state index in [-0.39, 0.29) is 5.12 Å². The third-order valence-electron chi connectivity index (χ3n) is 5.62. The van der Waals surface area contributed by atoms with Crippen LogP contribution in [0.15, 0.2) is 47.4 Å². The number of benzene rings is 2. The van der Waals surface area contributed by atoms with E-state index in [1.807, 2.05) is 66.9 Å². The number of alkyl halides is 1. The second-order valence-electron chi connectivity index (χ2n) is 7.93. The Kier molecular flexibility index (Phi) is 8.84. The Labute approximate surface area is 193 Å². The van der Waals surface area contributed by atoms with E-state index >= 15 is 4.39 Å². The molecule has 0 amide bonds. The van der Waals surface area contributed by atoms with Crippen LogP contribution in [0.5, 0.6) is 5.75 Å². The fourth-order valence-electron chi connectivity index (χ4n) is 3.48. The molecule has 2 aromatic carbocycles. The second kappa shape index (κ2) is 11.4. The number of nitrogens with one attached hydrogen (secondary N) is 1. The summed E-state index contributed by atoms with van der Waals surface area (Å²) in [7, 11) is 0. The molecule has 3 rings (SSSR count). The number of halogens is 1.